The molecule has 1 aromatic heterocycles. The van der Waals surface area contributed by atoms with Crippen LogP contribution < -0.4 is 20.1 Å². The minimum absolute atomic E-state index is 0.293. The lowest BCUT2D eigenvalue weighted by Crippen LogP contribution is -2.33. The molecule has 9 heteroatoms. The van der Waals surface area contributed by atoms with E-state index in [4.69, 9.17) is 9.47 Å². The van der Waals surface area contributed by atoms with Gasteiger partial charge in [0.1, 0.15) is 18.2 Å². The zero-order valence-corrected chi connectivity index (χ0v) is 20.1. The number of methoxy groups -OCH3 is 1. The van der Waals surface area contributed by atoms with Gasteiger partial charge >= 0.3 is 0 Å². The Morgan fingerprint density at radius 2 is 1.76 bits per heavy atom. The van der Waals surface area contributed by atoms with E-state index in [0.717, 1.165) is 31.0 Å². The molecule has 2 N–H and O–H groups in total. The molecule has 3 aromatic rings. The predicted octanol–water partition coefficient (Wildman–Crippen LogP) is 5.74. The van der Waals surface area contributed by atoms with Gasteiger partial charge in [-0.15, -0.1) is 0 Å². The van der Waals surface area contributed by atoms with Crippen molar-refractivity contribution in [2.45, 2.75) is 19.3 Å². The van der Waals surface area contributed by atoms with Crippen LogP contribution in [0.4, 0.5) is 27.5 Å². The second kappa shape index (κ2) is 11.3. The van der Waals surface area contributed by atoms with Crippen LogP contribution in [0, 0.1) is 5.82 Å². The number of rotatable bonds is 9. The molecular formula is C24H27BrFN5O2. The summed E-state index contributed by atoms with van der Waals surface area (Å²) in [6.07, 6.45) is 5.49. The van der Waals surface area contributed by atoms with Crippen LogP contribution >= 0.6 is 15.9 Å². The molecule has 1 aliphatic rings. The standard InChI is InChI=1S/C24H27BrFN5O2/c1-32-21-10-9-19(15-22(21)33-14-13-31-11-3-2-4-12-31)29-24-27-16-20(25)23(30-24)28-18-7-5-17(26)6-8-18/h5-10,15-16H,2-4,11-14H2,1H3,(H2,27,28,29,30). The highest BCUT2D eigenvalue weighted by atomic mass is 79.9. The van der Waals surface area contributed by atoms with Crippen LogP contribution in [-0.2, 0) is 0 Å². The average molecular weight is 516 g/mol. The van der Waals surface area contributed by atoms with Gasteiger partial charge in [-0.25, -0.2) is 9.37 Å². The maximum atomic E-state index is 13.2. The molecule has 2 aromatic carbocycles. The van der Waals surface area contributed by atoms with Gasteiger partial charge in [0, 0.05) is 30.2 Å². The lowest BCUT2D eigenvalue weighted by molar-refractivity contribution is 0.180. The van der Waals surface area contributed by atoms with E-state index in [1.165, 1.54) is 31.4 Å². The third-order valence-corrected chi connectivity index (χ3v) is 5.96. The Kier molecular flexibility index (Phi) is 7.96. The van der Waals surface area contributed by atoms with Gasteiger partial charge in [0.15, 0.2) is 11.5 Å². The van der Waals surface area contributed by atoms with Crippen molar-refractivity contribution in [3.05, 3.63) is 59.0 Å². The first-order valence-electron chi connectivity index (χ1n) is 11.0. The molecule has 1 fully saturated rings. The van der Waals surface area contributed by atoms with Crippen LogP contribution in [0.2, 0.25) is 0 Å². The Balaban J connectivity index is 1.43. The van der Waals surface area contributed by atoms with E-state index in [0.29, 0.717) is 34.3 Å². The van der Waals surface area contributed by atoms with E-state index in [9.17, 15) is 4.39 Å². The molecule has 33 heavy (non-hydrogen) atoms. The fourth-order valence-corrected chi connectivity index (χ4v) is 3.94. The summed E-state index contributed by atoms with van der Waals surface area (Å²) in [7, 11) is 1.63. The monoisotopic (exact) mass is 515 g/mol. The summed E-state index contributed by atoms with van der Waals surface area (Å²) >= 11 is 3.45. The molecule has 0 bridgehead atoms. The third kappa shape index (κ3) is 6.55. The second-order valence-electron chi connectivity index (χ2n) is 7.76. The first-order chi connectivity index (χ1) is 16.1. The van der Waals surface area contributed by atoms with Gasteiger partial charge in [0.2, 0.25) is 5.95 Å². The van der Waals surface area contributed by atoms with Crippen LogP contribution in [-0.4, -0.2) is 48.2 Å². The van der Waals surface area contributed by atoms with Gasteiger partial charge in [0.25, 0.3) is 0 Å². The number of nitrogens with one attached hydrogen (secondary N) is 2. The Hall–Kier alpha value is -2.91. The number of likely N-dealkylation sites (tertiary alicyclic amines) is 1. The normalized spacial score (nSPS) is 14.0. The van der Waals surface area contributed by atoms with Gasteiger partial charge in [-0.05, 0) is 78.3 Å². The molecule has 174 valence electrons. The Morgan fingerprint density at radius 3 is 2.52 bits per heavy atom. The molecule has 2 heterocycles. The summed E-state index contributed by atoms with van der Waals surface area (Å²) in [4.78, 5) is 11.3. The van der Waals surface area contributed by atoms with E-state index in [1.54, 1.807) is 25.4 Å². The molecule has 0 aliphatic carbocycles. The number of hydrogen-bond acceptors (Lipinski definition) is 7. The van der Waals surface area contributed by atoms with Gasteiger partial charge in [-0.2, -0.15) is 4.98 Å². The molecule has 0 atom stereocenters. The first kappa shape index (κ1) is 23.3. The molecule has 0 unspecified atom stereocenters. The molecule has 0 spiro atoms. The summed E-state index contributed by atoms with van der Waals surface area (Å²) < 4.78 is 25.4. The molecule has 7 nitrogen and oxygen atoms in total. The molecule has 0 amide bonds. The van der Waals surface area contributed by atoms with Crippen molar-refractivity contribution in [3.8, 4) is 11.5 Å². The van der Waals surface area contributed by atoms with E-state index < -0.39 is 0 Å². The molecule has 0 saturated carbocycles. The van der Waals surface area contributed by atoms with Gasteiger partial charge in [-0.1, -0.05) is 6.42 Å². The highest BCUT2D eigenvalue weighted by Crippen LogP contribution is 2.32. The number of nitrogens with zero attached hydrogens (tertiary/aromatic N) is 3. The maximum absolute atomic E-state index is 13.2. The van der Waals surface area contributed by atoms with Crippen molar-refractivity contribution >= 4 is 39.1 Å². The van der Waals surface area contributed by atoms with Crippen molar-refractivity contribution < 1.29 is 13.9 Å². The molecule has 4 rings (SSSR count). The van der Waals surface area contributed by atoms with Gasteiger partial charge in [-0.3, -0.25) is 4.90 Å². The second-order valence-corrected chi connectivity index (χ2v) is 8.62. The van der Waals surface area contributed by atoms with E-state index in [2.05, 4.69) is 41.4 Å². The fourth-order valence-electron chi connectivity index (χ4n) is 3.65. The maximum Gasteiger partial charge on any atom is 0.229 e. The van der Waals surface area contributed by atoms with Crippen molar-refractivity contribution in [2.24, 2.45) is 0 Å². The smallest absolute Gasteiger partial charge is 0.229 e. The average Bonchev–Trinajstić information content (AvgIpc) is 2.83. The molecule has 0 radical (unpaired) electrons. The highest BCUT2D eigenvalue weighted by Gasteiger charge is 2.12. The van der Waals surface area contributed by atoms with Crippen LogP contribution in [0.3, 0.4) is 0 Å². The van der Waals surface area contributed by atoms with Crippen LogP contribution in [0.1, 0.15) is 19.3 Å². The van der Waals surface area contributed by atoms with Crippen molar-refractivity contribution in [2.75, 3.05) is 44.0 Å². The first-order valence-corrected chi connectivity index (χ1v) is 11.8. The summed E-state index contributed by atoms with van der Waals surface area (Å²) in [5.41, 5.74) is 1.49. The predicted molar refractivity (Wildman–Crippen MR) is 131 cm³/mol. The molecular weight excluding hydrogens is 489 g/mol. The lowest BCUT2D eigenvalue weighted by Gasteiger charge is -2.26. The minimum atomic E-state index is -0.293. The zero-order valence-electron chi connectivity index (χ0n) is 18.5. The number of ether oxygens (including phenoxy) is 2. The number of halogens is 2. The summed E-state index contributed by atoms with van der Waals surface area (Å²) in [6.45, 7) is 3.77. The number of piperidine rings is 1. The summed E-state index contributed by atoms with van der Waals surface area (Å²) in [6, 6.07) is 11.7. The fraction of sp³-hybridized carbons (Fsp3) is 0.333. The largest absolute Gasteiger partial charge is 0.493 e. The summed E-state index contributed by atoms with van der Waals surface area (Å²) in [5, 5.41) is 6.37. The number of hydrogen-bond donors (Lipinski definition) is 2. The SMILES string of the molecule is COc1ccc(Nc2ncc(Br)c(Nc3ccc(F)cc3)n2)cc1OCCN1CCCCC1. The number of benzene rings is 2. The minimum Gasteiger partial charge on any atom is -0.493 e. The molecule has 1 saturated heterocycles. The topological polar surface area (TPSA) is 71.5 Å². The highest BCUT2D eigenvalue weighted by molar-refractivity contribution is 9.10. The number of aromatic nitrogens is 2. The van der Waals surface area contributed by atoms with Gasteiger partial charge in [0.05, 0.1) is 11.6 Å². The molecule has 1 aliphatic heterocycles. The van der Waals surface area contributed by atoms with Crippen LogP contribution in [0.5, 0.6) is 11.5 Å². The third-order valence-electron chi connectivity index (χ3n) is 5.38. The van der Waals surface area contributed by atoms with Crippen molar-refractivity contribution in [1.82, 2.24) is 14.9 Å². The Morgan fingerprint density at radius 1 is 1.00 bits per heavy atom. The van der Waals surface area contributed by atoms with Crippen LogP contribution in [0.15, 0.2) is 53.1 Å². The quantitative estimate of drug-likeness (QED) is 0.376. The van der Waals surface area contributed by atoms with Crippen molar-refractivity contribution in [1.29, 1.82) is 0 Å². The van der Waals surface area contributed by atoms with Gasteiger partial charge < -0.3 is 20.1 Å². The Labute approximate surface area is 201 Å². The van der Waals surface area contributed by atoms with Crippen molar-refractivity contribution in [3.63, 3.8) is 0 Å². The van der Waals surface area contributed by atoms with E-state index >= 15 is 0 Å². The van der Waals surface area contributed by atoms with E-state index in [1.807, 2.05) is 18.2 Å². The number of anilines is 4. The Bertz CT molecular complexity index is 1060. The summed E-state index contributed by atoms with van der Waals surface area (Å²) in [5.74, 6) is 2.02. The lowest BCUT2D eigenvalue weighted by atomic mass is 10.1. The van der Waals surface area contributed by atoms with E-state index in [-0.39, 0.29) is 5.82 Å². The zero-order chi connectivity index (χ0) is 23.0. The van der Waals surface area contributed by atoms with Crippen LogP contribution in [0.25, 0.3) is 0 Å².